The van der Waals surface area contributed by atoms with Crippen molar-refractivity contribution in [2.45, 2.75) is 26.8 Å². The molecule has 0 aliphatic heterocycles. The van der Waals surface area contributed by atoms with E-state index in [4.69, 9.17) is 4.74 Å². The number of hydrogen-bond donors (Lipinski definition) is 2. The minimum absolute atomic E-state index is 0.745. The number of hydrogen-bond acceptors (Lipinski definition) is 5. The second-order valence-electron chi connectivity index (χ2n) is 5.24. The Morgan fingerprint density at radius 3 is 2.50 bits per heavy atom. The van der Waals surface area contributed by atoms with E-state index in [1.807, 2.05) is 13.0 Å². The topological polar surface area (TPSA) is 59.1 Å². The molecule has 1 aromatic heterocycles. The van der Waals surface area contributed by atoms with Crippen LogP contribution in [0, 0.1) is 13.8 Å². The van der Waals surface area contributed by atoms with Crippen molar-refractivity contribution in [1.82, 2.24) is 9.97 Å². The lowest BCUT2D eigenvalue weighted by Crippen LogP contribution is -2.09. The first-order valence-electron chi connectivity index (χ1n) is 7.56. The van der Waals surface area contributed by atoms with E-state index < -0.39 is 0 Å². The van der Waals surface area contributed by atoms with Crippen molar-refractivity contribution in [2.24, 2.45) is 0 Å². The van der Waals surface area contributed by atoms with Gasteiger partial charge in [-0.05, 0) is 31.4 Å². The average molecular weight is 300 g/mol. The van der Waals surface area contributed by atoms with Crippen LogP contribution in [0.4, 0.5) is 11.6 Å². The van der Waals surface area contributed by atoms with Gasteiger partial charge in [-0.25, -0.2) is 9.97 Å². The molecule has 5 nitrogen and oxygen atoms in total. The molecular formula is C17H24N4O. The summed E-state index contributed by atoms with van der Waals surface area (Å²) in [5.74, 6) is 2.44. The van der Waals surface area contributed by atoms with Gasteiger partial charge in [0.25, 0.3) is 0 Å². The van der Waals surface area contributed by atoms with Crippen molar-refractivity contribution in [3.8, 4) is 0 Å². The zero-order valence-electron chi connectivity index (χ0n) is 13.5. The Balaban J connectivity index is 1.96. The van der Waals surface area contributed by atoms with Crippen LogP contribution in [0.2, 0.25) is 0 Å². The highest BCUT2D eigenvalue weighted by Gasteiger charge is 2.03. The Kier molecular flexibility index (Phi) is 6.15. The van der Waals surface area contributed by atoms with Gasteiger partial charge in [-0.3, -0.25) is 0 Å². The van der Waals surface area contributed by atoms with Gasteiger partial charge in [0.1, 0.15) is 17.5 Å². The third-order valence-corrected chi connectivity index (χ3v) is 3.39. The van der Waals surface area contributed by atoms with Crippen LogP contribution < -0.4 is 10.6 Å². The minimum Gasteiger partial charge on any atom is -0.385 e. The van der Waals surface area contributed by atoms with E-state index >= 15 is 0 Å². The standard InChI is InChI=1S/C17H24N4O/c1-13-7-4-5-8-15(13)12-19-17-11-16(20-14(2)21-17)18-9-6-10-22-3/h4-5,7-8,11H,6,9-10,12H2,1-3H3,(H2,18,19,20,21). The summed E-state index contributed by atoms with van der Waals surface area (Å²) >= 11 is 0. The molecule has 0 saturated heterocycles. The predicted molar refractivity (Wildman–Crippen MR) is 90.3 cm³/mol. The molecule has 2 N–H and O–H groups in total. The van der Waals surface area contributed by atoms with Crippen LogP contribution >= 0.6 is 0 Å². The van der Waals surface area contributed by atoms with Crippen molar-refractivity contribution in [1.29, 1.82) is 0 Å². The van der Waals surface area contributed by atoms with Gasteiger partial charge in [-0.2, -0.15) is 0 Å². The van der Waals surface area contributed by atoms with Gasteiger partial charge >= 0.3 is 0 Å². The Bertz CT molecular complexity index is 601. The number of aryl methyl sites for hydroxylation is 2. The molecule has 0 aliphatic rings. The molecular weight excluding hydrogens is 276 g/mol. The summed E-state index contributed by atoms with van der Waals surface area (Å²) in [5, 5.41) is 6.67. The van der Waals surface area contributed by atoms with Crippen molar-refractivity contribution in [2.75, 3.05) is 30.9 Å². The molecule has 2 aromatic rings. The summed E-state index contributed by atoms with van der Waals surface area (Å²) in [6.45, 7) is 6.35. The van der Waals surface area contributed by atoms with Crippen LogP contribution in [0.3, 0.4) is 0 Å². The van der Waals surface area contributed by atoms with Crippen molar-refractivity contribution >= 4 is 11.6 Å². The molecule has 0 saturated carbocycles. The number of nitrogens with zero attached hydrogens (tertiary/aromatic N) is 2. The molecule has 0 unspecified atom stereocenters. The van der Waals surface area contributed by atoms with E-state index in [9.17, 15) is 0 Å². The van der Waals surface area contributed by atoms with Gasteiger partial charge in [0.2, 0.25) is 0 Å². The normalized spacial score (nSPS) is 10.5. The van der Waals surface area contributed by atoms with Gasteiger partial charge < -0.3 is 15.4 Å². The summed E-state index contributed by atoms with van der Waals surface area (Å²) in [7, 11) is 1.71. The smallest absolute Gasteiger partial charge is 0.132 e. The number of rotatable bonds is 8. The molecule has 0 amide bonds. The highest BCUT2D eigenvalue weighted by atomic mass is 16.5. The summed E-state index contributed by atoms with van der Waals surface area (Å²) in [5.41, 5.74) is 2.55. The number of methoxy groups -OCH3 is 1. The first-order chi connectivity index (χ1) is 10.7. The minimum atomic E-state index is 0.745. The molecule has 22 heavy (non-hydrogen) atoms. The maximum Gasteiger partial charge on any atom is 0.132 e. The number of anilines is 2. The monoisotopic (exact) mass is 300 g/mol. The second-order valence-corrected chi connectivity index (χ2v) is 5.24. The highest BCUT2D eigenvalue weighted by Crippen LogP contribution is 2.14. The van der Waals surface area contributed by atoms with Crippen LogP contribution in [0.25, 0.3) is 0 Å². The molecule has 0 radical (unpaired) electrons. The second kappa shape index (κ2) is 8.34. The van der Waals surface area contributed by atoms with Gasteiger partial charge in [0.15, 0.2) is 0 Å². The lowest BCUT2D eigenvalue weighted by molar-refractivity contribution is 0.198. The first kappa shape index (κ1) is 16.2. The van der Waals surface area contributed by atoms with Gasteiger partial charge in [0.05, 0.1) is 0 Å². The highest BCUT2D eigenvalue weighted by molar-refractivity contribution is 5.48. The van der Waals surface area contributed by atoms with Gasteiger partial charge in [0, 0.05) is 32.9 Å². The lowest BCUT2D eigenvalue weighted by atomic mass is 10.1. The largest absolute Gasteiger partial charge is 0.385 e. The number of ether oxygens (including phenoxy) is 1. The Hall–Kier alpha value is -2.14. The van der Waals surface area contributed by atoms with E-state index in [0.717, 1.165) is 43.6 Å². The molecule has 5 heteroatoms. The predicted octanol–water partition coefficient (Wildman–Crippen LogP) is 3.15. The zero-order chi connectivity index (χ0) is 15.8. The molecule has 0 fully saturated rings. The fraction of sp³-hybridized carbons (Fsp3) is 0.412. The van der Waals surface area contributed by atoms with Gasteiger partial charge in [-0.15, -0.1) is 0 Å². The molecule has 0 bridgehead atoms. The quantitative estimate of drug-likeness (QED) is 0.733. The molecule has 2 rings (SSSR count). The fourth-order valence-corrected chi connectivity index (χ4v) is 2.18. The number of benzene rings is 1. The summed E-state index contributed by atoms with van der Waals surface area (Å²) in [6.07, 6.45) is 0.950. The van der Waals surface area contributed by atoms with Crippen LogP contribution in [0.1, 0.15) is 23.4 Å². The van der Waals surface area contributed by atoms with E-state index in [2.05, 4.69) is 51.8 Å². The maximum atomic E-state index is 5.04. The van der Waals surface area contributed by atoms with E-state index in [1.54, 1.807) is 7.11 Å². The molecule has 1 heterocycles. The van der Waals surface area contributed by atoms with E-state index in [1.165, 1.54) is 11.1 Å². The Labute approximate surface area is 132 Å². The number of aromatic nitrogens is 2. The van der Waals surface area contributed by atoms with E-state index in [0.29, 0.717) is 0 Å². The van der Waals surface area contributed by atoms with Crippen LogP contribution in [0.5, 0.6) is 0 Å². The first-order valence-corrected chi connectivity index (χ1v) is 7.56. The van der Waals surface area contributed by atoms with Gasteiger partial charge in [-0.1, -0.05) is 24.3 Å². The SMILES string of the molecule is COCCCNc1cc(NCc2ccccc2C)nc(C)n1. The third kappa shape index (κ3) is 5.00. The molecule has 1 aromatic carbocycles. The molecule has 0 aliphatic carbocycles. The maximum absolute atomic E-state index is 5.04. The van der Waals surface area contributed by atoms with Crippen molar-refractivity contribution < 1.29 is 4.74 Å². The van der Waals surface area contributed by atoms with E-state index in [-0.39, 0.29) is 0 Å². The van der Waals surface area contributed by atoms with Crippen LogP contribution in [0.15, 0.2) is 30.3 Å². The van der Waals surface area contributed by atoms with Crippen molar-refractivity contribution in [3.63, 3.8) is 0 Å². The Morgan fingerprint density at radius 1 is 1.05 bits per heavy atom. The number of nitrogens with one attached hydrogen (secondary N) is 2. The van der Waals surface area contributed by atoms with Crippen molar-refractivity contribution in [3.05, 3.63) is 47.3 Å². The van der Waals surface area contributed by atoms with Crippen LogP contribution in [-0.4, -0.2) is 30.2 Å². The Morgan fingerprint density at radius 2 is 1.77 bits per heavy atom. The molecule has 0 atom stereocenters. The fourth-order valence-electron chi connectivity index (χ4n) is 2.18. The van der Waals surface area contributed by atoms with Crippen LogP contribution in [-0.2, 0) is 11.3 Å². The third-order valence-electron chi connectivity index (χ3n) is 3.39. The zero-order valence-corrected chi connectivity index (χ0v) is 13.5. The summed E-state index contributed by atoms with van der Waals surface area (Å²) in [6, 6.07) is 10.3. The lowest BCUT2D eigenvalue weighted by Gasteiger charge is -2.11. The summed E-state index contributed by atoms with van der Waals surface area (Å²) in [4.78, 5) is 8.84. The summed E-state index contributed by atoms with van der Waals surface area (Å²) < 4.78 is 5.04. The molecule has 118 valence electrons. The average Bonchev–Trinajstić information content (AvgIpc) is 2.50. The molecule has 0 spiro atoms.